The van der Waals surface area contributed by atoms with E-state index in [9.17, 15) is 38.4 Å². The molecule has 0 aliphatic rings. The smallest absolute Gasteiger partial charge is 0.323 e. The molecule has 1 aromatic carbocycles. The average Bonchev–Trinajstić information content (AvgIpc) is 3.11. The van der Waals surface area contributed by atoms with Crippen LogP contribution < -0.4 is 40.1 Å². The first-order valence-corrected chi connectivity index (χ1v) is 15.9. The highest BCUT2D eigenvalue weighted by atomic mass is 16.4. The first-order chi connectivity index (χ1) is 25.8. The quantitative estimate of drug-likeness (QED) is 0.0789. The first kappa shape index (κ1) is 63.4. The van der Waals surface area contributed by atoms with Crippen LogP contribution in [-0.4, -0.2) is 159 Å². The number of hydrogen-bond acceptors (Lipinski definition) is 18. The van der Waals surface area contributed by atoms with Crippen LogP contribution in [0.3, 0.4) is 0 Å². The van der Waals surface area contributed by atoms with Gasteiger partial charge < -0.3 is 96.3 Å². The molecule has 0 heterocycles. The topological polar surface area (TPSA) is 541 Å². The Bertz CT molecular complexity index is 1290. The molecule has 1 rings (SSSR count). The molecule has 7 unspecified atom stereocenters. The number of phenols is 1. The Morgan fingerprint density at radius 1 is 0.561 bits per heavy atom. The second kappa shape index (κ2) is 37.3. The third kappa shape index (κ3) is 48.4. The largest absolute Gasteiger partial charge is 0.508 e. The third-order valence-electron chi connectivity index (χ3n) is 5.58. The van der Waals surface area contributed by atoms with Gasteiger partial charge >= 0.3 is 47.8 Å². The van der Waals surface area contributed by atoms with E-state index in [-0.39, 0.29) is 37.5 Å². The van der Waals surface area contributed by atoms with Crippen molar-refractivity contribution in [3.05, 3.63) is 29.8 Å². The highest BCUT2D eigenvalue weighted by Gasteiger charge is 2.16. The molecule has 0 saturated carbocycles. The number of phenolic OH excluding ortho intramolecular Hbond substituents is 1. The second-order valence-electron chi connectivity index (χ2n) is 11.3. The maximum Gasteiger partial charge on any atom is 0.323 e. The van der Waals surface area contributed by atoms with Crippen LogP contribution in [0.25, 0.3) is 0 Å². The number of aliphatic carboxylic acids is 8. The molecule has 0 aliphatic heterocycles. The molecule has 26 nitrogen and oxygen atoms in total. The van der Waals surface area contributed by atoms with Crippen molar-refractivity contribution >= 4 is 47.8 Å². The predicted octanol–water partition coefficient (Wildman–Crippen LogP) is -4.72. The van der Waals surface area contributed by atoms with Crippen molar-refractivity contribution in [2.75, 3.05) is 13.2 Å². The van der Waals surface area contributed by atoms with Crippen molar-refractivity contribution in [3.63, 3.8) is 0 Å². The number of aliphatic hydroxyl groups excluding tert-OH is 2. The Morgan fingerprint density at radius 3 is 1.07 bits per heavy atom. The molecule has 57 heavy (non-hydrogen) atoms. The second-order valence-corrected chi connectivity index (χ2v) is 11.3. The fourth-order valence-corrected chi connectivity index (χ4v) is 1.95. The lowest BCUT2D eigenvalue weighted by Crippen LogP contribution is -2.39. The van der Waals surface area contributed by atoms with E-state index in [1.165, 1.54) is 26.0 Å². The van der Waals surface area contributed by atoms with E-state index in [2.05, 4.69) is 5.73 Å². The van der Waals surface area contributed by atoms with Crippen molar-refractivity contribution in [1.82, 2.24) is 0 Å². The molecule has 0 amide bonds. The lowest BCUT2D eigenvalue weighted by Gasteiger charge is -2.07. The molecule has 1 aromatic rings. The molecular formula is C31H59N7O19. The minimum Gasteiger partial charge on any atom is -0.508 e. The molecule has 25 N–H and O–H groups in total. The lowest BCUT2D eigenvalue weighted by molar-refractivity contribution is -0.141. The summed E-state index contributed by atoms with van der Waals surface area (Å²) in [7, 11) is 0. The Morgan fingerprint density at radius 2 is 0.912 bits per heavy atom. The van der Waals surface area contributed by atoms with Gasteiger partial charge in [-0.3, -0.25) is 38.4 Å². The average molecular weight is 834 g/mol. The lowest BCUT2D eigenvalue weighted by atomic mass is 10.1. The number of nitrogens with two attached hydrogens (primary N) is 7. The van der Waals surface area contributed by atoms with Gasteiger partial charge in [-0.15, -0.1) is 0 Å². The van der Waals surface area contributed by atoms with Crippen molar-refractivity contribution in [3.8, 4) is 5.75 Å². The minimum absolute atomic E-state index is 0.0208. The number of carbonyl (C=O) groups is 8. The predicted molar refractivity (Wildman–Crippen MR) is 198 cm³/mol. The fourth-order valence-electron chi connectivity index (χ4n) is 1.95. The first-order valence-electron chi connectivity index (χ1n) is 15.9. The van der Waals surface area contributed by atoms with E-state index >= 15 is 0 Å². The van der Waals surface area contributed by atoms with Gasteiger partial charge in [-0.2, -0.15) is 0 Å². The molecule has 0 aromatic heterocycles. The Balaban J connectivity index is -0.000000136. The molecule has 26 heteroatoms. The SMILES string of the molecule is CC(C)C(N)C(=O)O.CC(N)C(=O)O.CC(O)C(N)C(=O)O.NC(CCC(=O)O)C(=O)O.NC(CO)C(=O)O.NC(Cc1ccc(O)cc1)C(=O)O.NCC(=O)O. The number of aliphatic hydroxyl groups is 2. The maximum atomic E-state index is 10.4. The molecule has 0 bridgehead atoms. The van der Waals surface area contributed by atoms with Crippen molar-refractivity contribution in [2.45, 2.75) is 89.3 Å². The number of carboxylic acid groups (broad SMARTS) is 8. The molecule has 0 fully saturated rings. The zero-order valence-corrected chi connectivity index (χ0v) is 31.7. The van der Waals surface area contributed by atoms with Crippen LogP contribution >= 0.6 is 0 Å². The summed E-state index contributed by atoms with van der Waals surface area (Å²) >= 11 is 0. The number of aromatic hydroxyl groups is 1. The summed E-state index contributed by atoms with van der Waals surface area (Å²) < 4.78 is 0. The summed E-state index contributed by atoms with van der Waals surface area (Å²) in [5.74, 6) is -8.26. The maximum absolute atomic E-state index is 10.4. The number of rotatable bonds is 15. The van der Waals surface area contributed by atoms with E-state index in [4.69, 9.17) is 90.6 Å². The third-order valence-corrected chi connectivity index (χ3v) is 5.58. The molecule has 0 spiro atoms. The van der Waals surface area contributed by atoms with E-state index in [1.807, 2.05) is 0 Å². The van der Waals surface area contributed by atoms with Gasteiger partial charge in [0.2, 0.25) is 0 Å². The van der Waals surface area contributed by atoms with Gasteiger partial charge in [0, 0.05) is 6.42 Å². The number of benzene rings is 1. The summed E-state index contributed by atoms with van der Waals surface area (Å²) in [6.45, 7) is 5.52. The van der Waals surface area contributed by atoms with Gasteiger partial charge in [-0.05, 0) is 50.3 Å². The van der Waals surface area contributed by atoms with Gasteiger partial charge in [0.15, 0.2) is 0 Å². The van der Waals surface area contributed by atoms with Crippen LogP contribution in [0.4, 0.5) is 0 Å². The summed E-state index contributed by atoms with van der Waals surface area (Å²) in [6.07, 6.45) is -0.930. The summed E-state index contributed by atoms with van der Waals surface area (Å²) in [6, 6.07) is 0.639. The molecule has 0 saturated heterocycles. The molecule has 0 aliphatic carbocycles. The van der Waals surface area contributed by atoms with E-state index in [1.54, 1.807) is 26.0 Å². The van der Waals surface area contributed by atoms with Gasteiger partial charge in [0.1, 0.15) is 42.0 Å². The van der Waals surface area contributed by atoms with Gasteiger partial charge in [-0.1, -0.05) is 26.0 Å². The fraction of sp³-hybridized carbons (Fsp3) is 0.548. The van der Waals surface area contributed by atoms with Crippen LogP contribution in [0.5, 0.6) is 5.75 Å². The molecular weight excluding hydrogens is 774 g/mol. The Labute approximate surface area is 326 Å². The summed E-state index contributed by atoms with van der Waals surface area (Å²) in [4.78, 5) is 78.6. The van der Waals surface area contributed by atoms with Gasteiger partial charge in [0.25, 0.3) is 0 Å². The highest BCUT2D eigenvalue weighted by Crippen LogP contribution is 2.10. The van der Waals surface area contributed by atoms with E-state index in [0.717, 1.165) is 5.56 Å². The van der Waals surface area contributed by atoms with Gasteiger partial charge in [-0.25, -0.2) is 0 Å². The number of carboxylic acids is 8. The van der Waals surface area contributed by atoms with Crippen LogP contribution in [0, 0.1) is 5.92 Å². The molecule has 0 radical (unpaired) electrons. The number of hydrogen-bond donors (Lipinski definition) is 18. The normalized spacial score (nSPS) is 13.2. The van der Waals surface area contributed by atoms with Crippen LogP contribution in [0.1, 0.15) is 46.1 Å². The molecule has 332 valence electrons. The van der Waals surface area contributed by atoms with Gasteiger partial charge in [0.05, 0.1) is 19.3 Å². The Kier molecular flexibility index (Phi) is 41.5. The van der Waals surface area contributed by atoms with Crippen molar-refractivity contribution < 1.29 is 94.5 Å². The summed E-state index contributed by atoms with van der Waals surface area (Å²) in [5, 5.41) is 89.9. The standard InChI is InChI=1S/C9H11NO3.C5H9NO4.C5H11NO2.C4H9NO3.C3H7NO3.C3H7NO2.C2H5NO2/c10-8(9(12)13)5-6-1-3-7(11)4-2-6;6-3(5(9)10)1-2-4(7)8;1-3(2)4(6)5(7)8;1-2(6)3(5)4(7)8;4-2(1-5)3(6)7;1-2(4)3(5)6;3-1-2(4)5/h1-4,8,11H,5,10H2,(H,12,13);3H,1-2,6H2,(H,7,8)(H,9,10);3-4H,6H2,1-2H3,(H,7,8);2-3,6H,5H2,1H3,(H,7,8);2,5H,1,4H2,(H,6,7);2H,4H2,1H3,(H,5,6);1,3H2,(H,4,5). The molecule has 7 atom stereocenters. The van der Waals surface area contributed by atoms with E-state index in [0.29, 0.717) is 0 Å². The van der Waals surface area contributed by atoms with Crippen LogP contribution in [0.2, 0.25) is 0 Å². The zero-order chi connectivity index (χ0) is 46.8. The van der Waals surface area contributed by atoms with Crippen LogP contribution in [0.15, 0.2) is 24.3 Å². The van der Waals surface area contributed by atoms with E-state index < -0.39 is 96.7 Å². The Hall–Kier alpha value is -5.58. The van der Waals surface area contributed by atoms with Crippen molar-refractivity contribution in [2.24, 2.45) is 46.1 Å². The summed E-state index contributed by atoms with van der Waals surface area (Å²) in [5.41, 5.74) is 35.4. The monoisotopic (exact) mass is 833 g/mol. The van der Waals surface area contributed by atoms with Crippen molar-refractivity contribution in [1.29, 1.82) is 0 Å². The van der Waals surface area contributed by atoms with Crippen LogP contribution in [-0.2, 0) is 44.8 Å². The zero-order valence-electron chi connectivity index (χ0n) is 31.7. The highest BCUT2D eigenvalue weighted by molar-refractivity contribution is 5.75. The minimum atomic E-state index is -1.18.